The van der Waals surface area contributed by atoms with Gasteiger partial charge in [-0.3, -0.25) is 9.59 Å². The highest BCUT2D eigenvalue weighted by Gasteiger charge is 2.12. The van der Waals surface area contributed by atoms with Gasteiger partial charge < -0.3 is 25.8 Å². The van der Waals surface area contributed by atoms with Crippen molar-refractivity contribution >= 4 is 11.8 Å². The number of nitrogens with one attached hydrogen (secondary N) is 2. The molecule has 0 saturated heterocycles. The van der Waals surface area contributed by atoms with Crippen molar-refractivity contribution in [2.45, 2.75) is 19.4 Å². The first-order valence-corrected chi connectivity index (χ1v) is 5.98. The minimum absolute atomic E-state index is 0.0496. The number of nitrogens with two attached hydrogens (primary N) is 1. The van der Waals surface area contributed by atoms with Crippen LogP contribution in [0.15, 0.2) is 0 Å². The summed E-state index contributed by atoms with van der Waals surface area (Å²) in [6.45, 7) is 3.44. The lowest BCUT2D eigenvalue weighted by atomic mass is 10.2. The number of ether oxygens (including phenoxy) is 2. The van der Waals surface area contributed by atoms with Crippen LogP contribution >= 0.6 is 0 Å². The number of carbonyl (C=O) groups is 2. The lowest BCUT2D eigenvalue weighted by molar-refractivity contribution is -0.127. The average Bonchev–Trinajstić information content (AvgIpc) is 2.36. The standard InChI is InChI=1S/C11H23N3O4/c1-3-18-9(7-12)6-10(15)14-8-11(16)13-4-5-17-2/h9H,3-8,12H2,1-2H3,(H,13,16)(H,14,15). The van der Waals surface area contributed by atoms with E-state index in [1.54, 1.807) is 7.11 Å². The van der Waals surface area contributed by atoms with Crippen molar-refractivity contribution in [3.05, 3.63) is 0 Å². The topological polar surface area (TPSA) is 103 Å². The zero-order valence-electron chi connectivity index (χ0n) is 11.0. The van der Waals surface area contributed by atoms with E-state index in [0.717, 1.165) is 0 Å². The summed E-state index contributed by atoms with van der Waals surface area (Å²) in [7, 11) is 1.55. The van der Waals surface area contributed by atoms with Gasteiger partial charge in [-0.2, -0.15) is 0 Å². The zero-order chi connectivity index (χ0) is 13.8. The van der Waals surface area contributed by atoms with Crippen LogP contribution in [0.2, 0.25) is 0 Å². The molecule has 0 fully saturated rings. The van der Waals surface area contributed by atoms with Gasteiger partial charge in [-0.25, -0.2) is 0 Å². The van der Waals surface area contributed by atoms with Gasteiger partial charge in [0.25, 0.3) is 0 Å². The molecular weight excluding hydrogens is 238 g/mol. The highest BCUT2D eigenvalue weighted by Crippen LogP contribution is 1.96. The van der Waals surface area contributed by atoms with Crippen LogP contribution in [0.25, 0.3) is 0 Å². The number of carbonyl (C=O) groups excluding carboxylic acids is 2. The molecule has 0 bridgehead atoms. The third-order valence-electron chi connectivity index (χ3n) is 2.15. The molecule has 0 aliphatic carbocycles. The molecule has 0 aromatic heterocycles. The molecule has 1 unspecified atom stereocenters. The minimum Gasteiger partial charge on any atom is -0.383 e. The van der Waals surface area contributed by atoms with Crippen LogP contribution in [0.1, 0.15) is 13.3 Å². The van der Waals surface area contributed by atoms with Gasteiger partial charge in [0.05, 0.1) is 25.7 Å². The Morgan fingerprint density at radius 3 is 2.56 bits per heavy atom. The number of methoxy groups -OCH3 is 1. The van der Waals surface area contributed by atoms with E-state index < -0.39 is 0 Å². The Hall–Kier alpha value is -1.18. The maximum Gasteiger partial charge on any atom is 0.239 e. The first-order valence-electron chi connectivity index (χ1n) is 5.98. The summed E-state index contributed by atoms with van der Waals surface area (Å²) in [6.07, 6.45) is -0.137. The van der Waals surface area contributed by atoms with E-state index in [4.69, 9.17) is 15.2 Å². The molecule has 0 aromatic carbocycles. The van der Waals surface area contributed by atoms with Gasteiger partial charge in [0.2, 0.25) is 11.8 Å². The fourth-order valence-electron chi connectivity index (χ4n) is 1.26. The van der Waals surface area contributed by atoms with Gasteiger partial charge in [0.1, 0.15) is 0 Å². The lowest BCUT2D eigenvalue weighted by Gasteiger charge is -2.14. The largest absolute Gasteiger partial charge is 0.383 e. The van der Waals surface area contributed by atoms with Crippen LogP contribution < -0.4 is 16.4 Å². The summed E-state index contributed by atoms with van der Waals surface area (Å²) >= 11 is 0. The SMILES string of the molecule is CCOC(CN)CC(=O)NCC(=O)NCCOC. The monoisotopic (exact) mass is 261 g/mol. The van der Waals surface area contributed by atoms with Crippen molar-refractivity contribution in [1.29, 1.82) is 0 Å². The number of amides is 2. The molecule has 0 aliphatic rings. The van der Waals surface area contributed by atoms with E-state index in [1.165, 1.54) is 0 Å². The molecule has 0 aromatic rings. The highest BCUT2D eigenvalue weighted by molar-refractivity contribution is 5.84. The summed E-state index contributed by atoms with van der Waals surface area (Å²) < 4.78 is 10.0. The van der Waals surface area contributed by atoms with Gasteiger partial charge in [-0.15, -0.1) is 0 Å². The van der Waals surface area contributed by atoms with Gasteiger partial charge in [-0.1, -0.05) is 0 Å². The summed E-state index contributed by atoms with van der Waals surface area (Å²) in [5.74, 6) is -0.498. The first kappa shape index (κ1) is 16.8. The molecule has 4 N–H and O–H groups in total. The van der Waals surface area contributed by atoms with Crippen molar-refractivity contribution in [3.8, 4) is 0 Å². The van der Waals surface area contributed by atoms with Crippen LogP contribution in [0.5, 0.6) is 0 Å². The predicted octanol–water partition coefficient (Wildman–Crippen LogP) is -1.38. The second-order valence-electron chi connectivity index (χ2n) is 3.64. The van der Waals surface area contributed by atoms with E-state index in [2.05, 4.69) is 10.6 Å². The van der Waals surface area contributed by atoms with Crippen molar-refractivity contribution in [1.82, 2.24) is 10.6 Å². The molecule has 0 radical (unpaired) electrons. The van der Waals surface area contributed by atoms with Crippen LogP contribution in [0.3, 0.4) is 0 Å². The number of rotatable bonds is 10. The third kappa shape index (κ3) is 8.91. The van der Waals surface area contributed by atoms with Crippen molar-refractivity contribution in [3.63, 3.8) is 0 Å². The second kappa shape index (κ2) is 10.9. The van der Waals surface area contributed by atoms with Crippen LogP contribution in [0.4, 0.5) is 0 Å². The second-order valence-corrected chi connectivity index (χ2v) is 3.64. The van der Waals surface area contributed by atoms with Crippen LogP contribution in [0, 0.1) is 0 Å². The van der Waals surface area contributed by atoms with Crippen LogP contribution in [-0.4, -0.2) is 57.9 Å². The molecule has 0 spiro atoms. The molecule has 0 rings (SSSR count). The quantitative estimate of drug-likeness (QED) is 0.421. The predicted molar refractivity (Wildman–Crippen MR) is 67.0 cm³/mol. The first-order chi connectivity index (χ1) is 8.63. The molecule has 7 heteroatoms. The molecule has 1 atom stereocenters. The van der Waals surface area contributed by atoms with Crippen molar-refractivity contribution in [2.24, 2.45) is 5.73 Å². The van der Waals surface area contributed by atoms with E-state index in [0.29, 0.717) is 19.8 Å². The molecule has 106 valence electrons. The smallest absolute Gasteiger partial charge is 0.239 e. The van der Waals surface area contributed by atoms with Crippen LogP contribution in [-0.2, 0) is 19.1 Å². The Balaban J connectivity index is 3.71. The minimum atomic E-state index is -0.299. The Kier molecular flexibility index (Phi) is 10.2. The summed E-state index contributed by atoms with van der Waals surface area (Å²) in [5, 5.41) is 5.10. The van der Waals surface area contributed by atoms with Gasteiger partial charge >= 0.3 is 0 Å². The summed E-state index contributed by atoms with van der Waals surface area (Å²) in [6, 6.07) is 0. The highest BCUT2D eigenvalue weighted by atomic mass is 16.5. The molecule has 0 aliphatic heterocycles. The van der Waals surface area contributed by atoms with Gasteiger partial charge in [-0.05, 0) is 6.92 Å². The Labute approximate surface area is 107 Å². The molecule has 0 saturated carbocycles. The third-order valence-corrected chi connectivity index (χ3v) is 2.15. The fourth-order valence-corrected chi connectivity index (χ4v) is 1.26. The molecular formula is C11H23N3O4. The molecule has 7 nitrogen and oxygen atoms in total. The van der Waals surface area contributed by atoms with Gasteiger partial charge in [0, 0.05) is 26.8 Å². The Morgan fingerprint density at radius 1 is 1.28 bits per heavy atom. The maximum absolute atomic E-state index is 11.5. The molecule has 18 heavy (non-hydrogen) atoms. The Morgan fingerprint density at radius 2 is 2.00 bits per heavy atom. The fraction of sp³-hybridized carbons (Fsp3) is 0.818. The van der Waals surface area contributed by atoms with E-state index in [-0.39, 0.29) is 37.4 Å². The molecule has 2 amide bonds. The number of hydrogen-bond donors (Lipinski definition) is 3. The summed E-state index contributed by atoms with van der Waals surface area (Å²) in [5.41, 5.74) is 5.45. The summed E-state index contributed by atoms with van der Waals surface area (Å²) in [4.78, 5) is 22.7. The average molecular weight is 261 g/mol. The maximum atomic E-state index is 11.5. The zero-order valence-corrected chi connectivity index (χ0v) is 11.0. The number of hydrogen-bond acceptors (Lipinski definition) is 5. The van der Waals surface area contributed by atoms with Gasteiger partial charge in [0.15, 0.2) is 0 Å². The van der Waals surface area contributed by atoms with E-state index >= 15 is 0 Å². The Bertz CT molecular complexity index is 248. The lowest BCUT2D eigenvalue weighted by Crippen LogP contribution is -2.40. The van der Waals surface area contributed by atoms with Crippen molar-refractivity contribution in [2.75, 3.05) is 40.0 Å². The van der Waals surface area contributed by atoms with E-state index in [9.17, 15) is 9.59 Å². The van der Waals surface area contributed by atoms with E-state index in [1.807, 2.05) is 6.92 Å². The van der Waals surface area contributed by atoms with Crippen molar-refractivity contribution < 1.29 is 19.1 Å². The normalized spacial score (nSPS) is 11.9. The molecule has 0 heterocycles.